The molecule has 2 N–H and O–H groups in total. The Morgan fingerprint density at radius 2 is 1.84 bits per heavy atom. The van der Waals surface area contributed by atoms with Gasteiger partial charge in [0, 0.05) is 35.6 Å². The number of nitrogens with zero attached hydrogens (tertiary/aromatic N) is 6. The number of halogens is 3. The molecule has 12 heteroatoms. The molecule has 38 heavy (non-hydrogen) atoms. The lowest BCUT2D eigenvalue weighted by atomic mass is 9.97. The van der Waals surface area contributed by atoms with Crippen molar-refractivity contribution in [3.05, 3.63) is 54.0 Å². The zero-order chi connectivity index (χ0) is 26.9. The first-order valence-corrected chi connectivity index (χ1v) is 12.4. The average Bonchev–Trinajstić information content (AvgIpc) is 3.42. The van der Waals surface area contributed by atoms with Gasteiger partial charge in [-0.1, -0.05) is 12.1 Å². The van der Waals surface area contributed by atoms with Crippen LogP contribution in [0, 0.1) is 18.3 Å². The molecule has 0 spiro atoms. The van der Waals surface area contributed by atoms with Crippen LogP contribution in [0.15, 0.2) is 42.9 Å². The fraction of sp³-hybridized carbons (Fsp3) is 0.423. The summed E-state index contributed by atoms with van der Waals surface area (Å²) in [5.41, 5.74) is 3.50. The van der Waals surface area contributed by atoms with Gasteiger partial charge in [-0.3, -0.25) is 14.4 Å². The lowest BCUT2D eigenvalue weighted by molar-refractivity contribution is -0.156. The van der Waals surface area contributed by atoms with Crippen LogP contribution in [0.2, 0.25) is 0 Å². The summed E-state index contributed by atoms with van der Waals surface area (Å²) in [6.07, 6.45) is 3.90. The van der Waals surface area contributed by atoms with E-state index < -0.39 is 12.7 Å². The molecule has 2 saturated heterocycles. The number of anilines is 2. The van der Waals surface area contributed by atoms with Crippen LogP contribution in [0.5, 0.6) is 0 Å². The minimum absolute atomic E-state index is 0.0471. The molecule has 2 aliphatic heterocycles. The van der Waals surface area contributed by atoms with Gasteiger partial charge < -0.3 is 10.6 Å². The van der Waals surface area contributed by atoms with Crippen molar-refractivity contribution in [1.82, 2.24) is 30.0 Å². The number of fused-ring (bicyclic) bond motifs is 2. The number of alkyl halides is 3. The lowest BCUT2D eigenvalue weighted by Crippen LogP contribution is -2.47. The van der Waals surface area contributed by atoms with E-state index in [1.165, 1.54) is 0 Å². The first kappa shape index (κ1) is 25.7. The van der Waals surface area contributed by atoms with E-state index >= 15 is 0 Å². The number of amides is 1. The fourth-order valence-electron chi connectivity index (χ4n) is 5.45. The molecule has 2 fully saturated rings. The Morgan fingerprint density at radius 3 is 2.50 bits per heavy atom. The highest BCUT2D eigenvalue weighted by molar-refractivity contribution is 5.94. The Bertz CT molecular complexity index is 1330. The Morgan fingerprint density at radius 1 is 1.13 bits per heavy atom. The number of hydrogen-bond donors (Lipinski definition) is 2. The summed E-state index contributed by atoms with van der Waals surface area (Å²) in [7, 11) is 0. The minimum Gasteiger partial charge on any atom is -0.339 e. The van der Waals surface area contributed by atoms with Gasteiger partial charge >= 0.3 is 6.18 Å². The number of benzene rings is 1. The Hall–Kier alpha value is -3.98. The summed E-state index contributed by atoms with van der Waals surface area (Å²) in [4.78, 5) is 22.7. The maximum absolute atomic E-state index is 13.0. The van der Waals surface area contributed by atoms with Crippen LogP contribution >= 0.6 is 0 Å². The summed E-state index contributed by atoms with van der Waals surface area (Å²) in [5, 5.41) is 18.8. The van der Waals surface area contributed by atoms with Crippen LogP contribution in [0.4, 0.5) is 24.8 Å². The van der Waals surface area contributed by atoms with E-state index in [9.17, 15) is 18.0 Å². The highest BCUT2D eigenvalue weighted by atomic mass is 19.4. The predicted molar refractivity (Wildman–Crippen MR) is 134 cm³/mol. The van der Waals surface area contributed by atoms with Crippen molar-refractivity contribution in [2.75, 3.05) is 18.4 Å². The van der Waals surface area contributed by atoms with Crippen molar-refractivity contribution < 1.29 is 18.0 Å². The average molecular weight is 525 g/mol. The molecule has 2 unspecified atom stereocenters. The highest BCUT2D eigenvalue weighted by Crippen LogP contribution is 2.42. The van der Waals surface area contributed by atoms with Gasteiger partial charge in [0.2, 0.25) is 5.95 Å². The zero-order valence-electron chi connectivity index (χ0n) is 20.7. The van der Waals surface area contributed by atoms with Crippen LogP contribution in [0.25, 0.3) is 11.3 Å². The summed E-state index contributed by atoms with van der Waals surface area (Å²) in [6.45, 7) is 0.991. The van der Waals surface area contributed by atoms with E-state index in [0.717, 1.165) is 24.0 Å². The van der Waals surface area contributed by atoms with E-state index in [-0.39, 0.29) is 30.6 Å². The SMILES string of the molecule is Cc1cnc(Nc2cnn(C3CC4CCC(C3)N4CC(F)(F)F)c2)nc1-c1ccc(C(=O)NCC#N)cc1. The molecular weight excluding hydrogens is 497 g/mol. The number of hydrogen-bond acceptors (Lipinski definition) is 7. The maximum atomic E-state index is 13.0. The number of nitrogens with one attached hydrogen (secondary N) is 2. The van der Waals surface area contributed by atoms with Gasteiger partial charge in [0.15, 0.2) is 0 Å². The van der Waals surface area contributed by atoms with Crippen molar-refractivity contribution in [2.45, 2.75) is 56.9 Å². The number of aromatic nitrogens is 4. The van der Waals surface area contributed by atoms with E-state index in [1.54, 1.807) is 41.6 Å². The smallest absolute Gasteiger partial charge is 0.339 e. The van der Waals surface area contributed by atoms with Crippen molar-refractivity contribution in [2.24, 2.45) is 0 Å². The van der Waals surface area contributed by atoms with Gasteiger partial charge in [0.25, 0.3) is 5.91 Å². The summed E-state index contributed by atoms with van der Waals surface area (Å²) in [6, 6.07) is 8.70. The standard InChI is InChI=1S/C26H27F3N8O/c1-16-12-32-25(35-23(16)17-2-4-18(5-3-17)24(38)31-9-8-30)34-19-13-33-37(14-19)22-10-20-6-7-21(11-22)36(20)15-26(27,28)29/h2-5,12-14,20-22H,6-7,9-11,15H2,1H3,(H,31,38)(H,32,34,35). The summed E-state index contributed by atoms with van der Waals surface area (Å²) in [5.74, 6) is 0.0527. The van der Waals surface area contributed by atoms with E-state index in [1.807, 2.05) is 23.9 Å². The number of aryl methyl sites for hydroxylation is 1. The topological polar surface area (TPSA) is 112 Å². The molecule has 1 amide bonds. The molecule has 4 heterocycles. The fourth-order valence-corrected chi connectivity index (χ4v) is 5.45. The molecule has 2 aromatic heterocycles. The van der Waals surface area contributed by atoms with Gasteiger partial charge in [-0.25, -0.2) is 9.97 Å². The molecule has 5 rings (SSSR count). The molecule has 9 nitrogen and oxygen atoms in total. The first-order valence-electron chi connectivity index (χ1n) is 12.4. The first-order chi connectivity index (χ1) is 18.2. The Labute approximate surface area is 217 Å². The van der Waals surface area contributed by atoms with Crippen molar-refractivity contribution in [1.29, 1.82) is 5.26 Å². The lowest BCUT2D eigenvalue weighted by Gasteiger charge is -2.39. The van der Waals surface area contributed by atoms with Crippen molar-refractivity contribution in [3.63, 3.8) is 0 Å². The molecular formula is C26H27F3N8O. The third-order valence-corrected chi connectivity index (χ3v) is 7.17. The van der Waals surface area contributed by atoms with E-state index in [2.05, 4.69) is 25.7 Å². The van der Waals surface area contributed by atoms with Gasteiger partial charge in [0.1, 0.15) is 6.54 Å². The van der Waals surface area contributed by atoms with Crippen LogP contribution in [0.3, 0.4) is 0 Å². The van der Waals surface area contributed by atoms with Gasteiger partial charge in [0.05, 0.1) is 36.2 Å². The van der Waals surface area contributed by atoms with Crippen LogP contribution in [0.1, 0.15) is 47.6 Å². The molecule has 198 valence electrons. The number of carbonyl (C=O) groups is 1. The largest absolute Gasteiger partial charge is 0.401 e. The second-order valence-corrected chi connectivity index (χ2v) is 9.78. The molecule has 2 bridgehead atoms. The van der Waals surface area contributed by atoms with E-state index in [4.69, 9.17) is 5.26 Å². The molecule has 0 aliphatic carbocycles. The molecule has 0 radical (unpaired) electrons. The van der Waals surface area contributed by atoms with Crippen LogP contribution in [-0.4, -0.2) is 61.9 Å². The second-order valence-electron chi connectivity index (χ2n) is 9.78. The number of rotatable bonds is 7. The normalized spacial score (nSPS) is 21.2. The summed E-state index contributed by atoms with van der Waals surface area (Å²) >= 11 is 0. The van der Waals surface area contributed by atoms with Gasteiger partial charge in [-0.2, -0.15) is 23.5 Å². The minimum atomic E-state index is -4.18. The maximum Gasteiger partial charge on any atom is 0.401 e. The number of nitriles is 1. The Balaban J connectivity index is 1.26. The molecule has 0 saturated carbocycles. The third-order valence-electron chi connectivity index (χ3n) is 7.17. The van der Waals surface area contributed by atoms with Crippen molar-refractivity contribution in [3.8, 4) is 17.3 Å². The zero-order valence-corrected chi connectivity index (χ0v) is 20.7. The quantitative estimate of drug-likeness (QED) is 0.442. The summed E-state index contributed by atoms with van der Waals surface area (Å²) < 4.78 is 40.8. The molecule has 2 atom stereocenters. The number of carbonyl (C=O) groups excluding carboxylic acids is 1. The third kappa shape index (κ3) is 5.62. The number of piperidine rings is 1. The van der Waals surface area contributed by atoms with E-state index in [0.29, 0.717) is 35.7 Å². The van der Waals surface area contributed by atoms with Gasteiger partial charge in [-0.05, 0) is 50.3 Å². The Kier molecular flexibility index (Phi) is 7.03. The van der Waals surface area contributed by atoms with Crippen LogP contribution < -0.4 is 10.6 Å². The predicted octanol–water partition coefficient (Wildman–Crippen LogP) is 4.38. The highest BCUT2D eigenvalue weighted by Gasteiger charge is 2.45. The molecule has 3 aromatic rings. The monoisotopic (exact) mass is 524 g/mol. The molecule has 2 aliphatic rings. The second kappa shape index (κ2) is 10.4. The van der Waals surface area contributed by atoms with Crippen LogP contribution in [-0.2, 0) is 0 Å². The van der Waals surface area contributed by atoms with Crippen molar-refractivity contribution >= 4 is 17.5 Å². The van der Waals surface area contributed by atoms with Gasteiger partial charge in [-0.15, -0.1) is 0 Å². The molecule has 1 aromatic carbocycles.